The first-order valence-electron chi connectivity index (χ1n) is 10.4. The summed E-state index contributed by atoms with van der Waals surface area (Å²) in [6, 6.07) is -2.96. The molecule has 0 aliphatic carbocycles. The smallest absolute Gasteiger partial charge is 0.0629 e. The van der Waals surface area contributed by atoms with Gasteiger partial charge in [-0.15, -0.1) is 0 Å². The van der Waals surface area contributed by atoms with Crippen LogP contribution in [0.15, 0.2) is 30.2 Å². The van der Waals surface area contributed by atoms with Crippen LogP contribution in [0.5, 0.6) is 0 Å². The maximum Gasteiger partial charge on any atom is 0.0629 e. The molecule has 3 rings (SSSR count). The Labute approximate surface area is 107 Å². The van der Waals surface area contributed by atoms with Crippen LogP contribution in [0.1, 0.15) is 33.1 Å². The Balaban J connectivity index is 2.74. The summed E-state index contributed by atoms with van der Waals surface area (Å²) >= 11 is 0. The van der Waals surface area contributed by atoms with Gasteiger partial charge in [0.15, 0.2) is 0 Å². The van der Waals surface area contributed by atoms with Crippen LogP contribution in [-0.4, -0.2) is 11.9 Å². The molecule has 1 heteroatoms. The predicted octanol–water partition coefficient (Wildman–Crippen LogP) is 3.09. The second-order valence-electron chi connectivity index (χ2n) is 3.31. The third-order valence-corrected chi connectivity index (χ3v) is 2.32. The minimum absolute atomic E-state index is 0.0151. The van der Waals surface area contributed by atoms with E-state index in [-0.39, 0.29) is 26.8 Å². The highest BCUT2D eigenvalue weighted by atomic mass is 15.1. The summed E-state index contributed by atoms with van der Waals surface area (Å²) in [4.78, 5) is 0.0151. The largest absolute Gasteiger partial charge is 0.298 e. The van der Waals surface area contributed by atoms with Gasteiger partial charge in [0, 0.05) is 22.6 Å². The molecule has 0 saturated heterocycles. The second kappa shape index (κ2) is 3.07. The normalized spacial score (nSPS) is 35.0. The third kappa shape index (κ3) is 1.27. The van der Waals surface area contributed by atoms with Crippen molar-refractivity contribution in [2.24, 2.45) is 0 Å². The zero-order valence-corrected chi connectivity index (χ0v) is 7.95. The van der Waals surface area contributed by atoms with Gasteiger partial charge < -0.3 is 0 Å². The van der Waals surface area contributed by atoms with Gasteiger partial charge in [0.2, 0.25) is 0 Å². The Morgan fingerprint density at radius 2 is 2.27 bits per heavy atom. The monoisotopic (exact) mass is 209 g/mol. The fourth-order valence-corrected chi connectivity index (χ4v) is 1.63. The molecule has 0 N–H and O–H groups in total. The molecule has 0 saturated carbocycles. The maximum atomic E-state index is 8.39. The third-order valence-electron chi connectivity index (χ3n) is 2.32. The summed E-state index contributed by atoms with van der Waals surface area (Å²) in [5.41, 5.74) is -1.00. The average Bonchev–Trinajstić information content (AvgIpc) is 2.46. The Bertz CT molecular complexity index is 922. The Morgan fingerprint density at radius 3 is 3.13 bits per heavy atom. The van der Waals surface area contributed by atoms with E-state index in [1.54, 1.807) is 0 Å². The van der Waals surface area contributed by atoms with Gasteiger partial charge >= 0.3 is 0 Å². The molecule has 1 heterocycles. The molecule has 2 aromatic carbocycles. The van der Waals surface area contributed by atoms with Crippen molar-refractivity contribution in [2.45, 2.75) is 19.9 Å². The van der Waals surface area contributed by atoms with Gasteiger partial charge in [0.25, 0.3) is 0 Å². The SMILES string of the molecule is [2H]c1c([2H])c2c3c(c(C)c([2H])c([2H])c3c1[2H])C([2H])([2H])N(C([2H])([2H])[2H])C2([2H])[2H]. The lowest BCUT2D eigenvalue weighted by Gasteiger charge is -2.26. The fraction of sp³-hybridized carbons (Fsp3) is 0.286. The van der Waals surface area contributed by atoms with E-state index >= 15 is 0 Å². The molecule has 1 aliphatic rings. The van der Waals surface area contributed by atoms with Crippen molar-refractivity contribution in [3.8, 4) is 0 Å². The number of benzene rings is 2. The standard InChI is InChI=1S/C14H15N/c1-10-6-7-11-4-3-5-12-8-15(2)9-13(10)14(11)12/h3-7H,8-9H2,1-2H3/i2D3,3D,4D,5D,6D,7D,8D2,9D2. The van der Waals surface area contributed by atoms with E-state index in [1.807, 2.05) is 0 Å². The first-order chi connectivity index (χ1) is 12.1. The van der Waals surface area contributed by atoms with Crippen LogP contribution in [0.3, 0.4) is 0 Å². The maximum absolute atomic E-state index is 8.39. The first kappa shape index (κ1) is 2.86. The van der Waals surface area contributed by atoms with Crippen LogP contribution in [0.25, 0.3) is 10.8 Å². The molecule has 0 atom stereocenters. The topological polar surface area (TPSA) is 3.24 Å². The van der Waals surface area contributed by atoms with E-state index in [1.165, 1.54) is 6.92 Å². The molecule has 15 heavy (non-hydrogen) atoms. The van der Waals surface area contributed by atoms with Crippen molar-refractivity contribution < 1.29 is 16.4 Å². The molecule has 1 aliphatic heterocycles. The molecular formula is C14H15N. The van der Waals surface area contributed by atoms with Crippen molar-refractivity contribution in [3.05, 3.63) is 46.9 Å². The fourth-order valence-electron chi connectivity index (χ4n) is 1.63. The number of hydrogen-bond acceptors (Lipinski definition) is 1. The summed E-state index contributed by atoms with van der Waals surface area (Å²) in [5.74, 6) is 0. The minimum Gasteiger partial charge on any atom is -0.298 e. The molecule has 76 valence electrons. The lowest BCUT2D eigenvalue weighted by atomic mass is 9.92. The highest BCUT2D eigenvalue weighted by Gasteiger charge is 2.16. The molecule has 0 unspecified atom stereocenters. The summed E-state index contributed by atoms with van der Waals surface area (Å²) in [5, 5.41) is -0.593. The predicted molar refractivity (Wildman–Crippen MR) is 63.9 cm³/mol. The van der Waals surface area contributed by atoms with Crippen LogP contribution in [-0.2, 0) is 13.0 Å². The highest BCUT2D eigenvalue weighted by molar-refractivity contribution is 5.90. The zero-order valence-electron chi connectivity index (χ0n) is 19.9. The molecule has 0 amide bonds. The van der Waals surface area contributed by atoms with Gasteiger partial charge in [0.1, 0.15) is 0 Å². The minimum atomic E-state index is -3.24. The Hall–Kier alpha value is -1.34. The van der Waals surface area contributed by atoms with Gasteiger partial charge in [-0.25, -0.2) is 0 Å². The van der Waals surface area contributed by atoms with E-state index < -0.39 is 55.7 Å². The van der Waals surface area contributed by atoms with E-state index in [4.69, 9.17) is 16.4 Å². The van der Waals surface area contributed by atoms with Crippen molar-refractivity contribution in [3.63, 3.8) is 0 Å². The van der Waals surface area contributed by atoms with Crippen molar-refractivity contribution in [1.82, 2.24) is 4.90 Å². The molecule has 2 aromatic rings. The van der Waals surface area contributed by atoms with Gasteiger partial charge in [-0.05, 0) is 41.4 Å². The lowest BCUT2D eigenvalue weighted by Crippen LogP contribution is -2.22. The highest BCUT2D eigenvalue weighted by Crippen LogP contribution is 2.31. The summed E-state index contributed by atoms with van der Waals surface area (Å²) in [6.07, 6.45) is 0. The molecule has 0 spiro atoms. The van der Waals surface area contributed by atoms with Gasteiger partial charge in [-0.3, -0.25) is 4.90 Å². The molecule has 0 aromatic heterocycles. The lowest BCUT2D eigenvalue weighted by molar-refractivity contribution is 0.313. The summed E-state index contributed by atoms with van der Waals surface area (Å²) in [6.45, 7) is -7.84. The van der Waals surface area contributed by atoms with E-state index in [0.29, 0.717) is 0 Å². The molecular weight excluding hydrogens is 182 g/mol. The van der Waals surface area contributed by atoms with Crippen LogP contribution in [0.2, 0.25) is 0 Å². The molecule has 0 bridgehead atoms. The van der Waals surface area contributed by atoms with Crippen molar-refractivity contribution in [2.75, 3.05) is 6.98 Å². The van der Waals surface area contributed by atoms with Crippen LogP contribution < -0.4 is 0 Å². The van der Waals surface area contributed by atoms with E-state index in [9.17, 15) is 0 Å². The van der Waals surface area contributed by atoms with E-state index in [0.717, 1.165) is 0 Å². The van der Waals surface area contributed by atoms with Gasteiger partial charge in [0.05, 0.1) is 6.85 Å². The Kier molecular flexibility index (Phi) is 0.587. The van der Waals surface area contributed by atoms with Crippen LogP contribution in [0, 0.1) is 6.92 Å². The van der Waals surface area contributed by atoms with Crippen LogP contribution >= 0.6 is 0 Å². The summed E-state index contributed by atoms with van der Waals surface area (Å²) in [7, 11) is 0. The second-order valence-corrected chi connectivity index (χ2v) is 3.31. The number of hydrogen-bond donors (Lipinski definition) is 0. The first-order valence-corrected chi connectivity index (χ1v) is 4.42. The zero-order chi connectivity index (χ0) is 20.9. The van der Waals surface area contributed by atoms with Crippen molar-refractivity contribution in [1.29, 1.82) is 0 Å². The quantitative estimate of drug-likeness (QED) is 0.644. The molecule has 0 radical (unpaired) electrons. The summed E-state index contributed by atoms with van der Waals surface area (Å²) < 4.78 is 96.8. The Morgan fingerprint density at radius 1 is 1.33 bits per heavy atom. The van der Waals surface area contributed by atoms with Crippen LogP contribution in [0.4, 0.5) is 0 Å². The molecule has 1 nitrogen and oxygen atoms in total. The average molecular weight is 209 g/mol. The number of nitrogens with zero attached hydrogens (tertiary/aromatic N) is 1. The van der Waals surface area contributed by atoms with E-state index in [2.05, 4.69) is 0 Å². The van der Waals surface area contributed by atoms with Crippen molar-refractivity contribution >= 4 is 10.8 Å². The van der Waals surface area contributed by atoms with Gasteiger partial charge in [-0.1, -0.05) is 30.2 Å². The molecule has 0 fully saturated rings. The number of rotatable bonds is 0. The van der Waals surface area contributed by atoms with Gasteiger partial charge in [-0.2, -0.15) is 0 Å².